The first kappa shape index (κ1) is 4.50. The molecule has 0 aromatic carbocycles. The van der Waals surface area contributed by atoms with Crippen LogP contribution in [0.4, 0.5) is 0 Å². The topological polar surface area (TPSA) is 17.3 Å². The van der Waals surface area contributed by atoms with Gasteiger partial charge in [0.1, 0.15) is 0 Å². The smallest absolute Gasteiger partial charge is 0.0992 e. The maximum absolute atomic E-state index is 4.06. The molecule has 2 aromatic rings. The minimum Gasteiger partial charge on any atom is -0.306 e. The van der Waals surface area contributed by atoms with Crippen LogP contribution in [0.5, 0.6) is 0 Å². The minimum absolute atomic E-state index is 1.17. The van der Waals surface area contributed by atoms with Gasteiger partial charge in [-0.1, -0.05) is 0 Å². The standard InChI is InChI=1S/C8H6N2/c1-2-10-5-9-4-8(10)7-3-6(1)7/h1-2,4-5H,3H2. The lowest BCUT2D eigenvalue weighted by Gasteiger charge is -1.86. The molecule has 1 aliphatic carbocycles. The molecule has 0 spiro atoms. The summed E-state index contributed by atoms with van der Waals surface area (Å²) in [7, 11) is 0. The quantitative estimate of drug-likeness (QED) is 0.447. The molecule has 0 N–H and O–H groups in total. The highest BCUT2D eigenvalue weighted by Gasteiger charge is 2.19. The monoisotopic (exact) mass is 130 g/mol. The Balaban J connectivity index is 2.64. The average Bonchev–Trinajstić information content (AvgIpc) is 2.60. The van der Waals surface area contributed by atoms with Crippen molar-refractivity contribution in [1.82, 2.24) is 9.38 Å². The van der Waals surface area contributed by atoms with Crippen molar-refractivity contribution in [3.8, 4) is 0 Å². The molecule has 0 aliphatic heterocycles. The fourth-order valence-corrected chi connectivity index (χ4v) is 1.39. The molecule has 2 aromatic heterocycles. The van der Waals surface area contributed by atoms with Crippen LogP contribution < -0.4 is 0 Å². The van der Waals surface area contributed by atoms with Gasteiger partial charge in [0, 0.05) is 12.6 Å². The summed E-state index contributed by atoms with van der Waals surface area (Å²) in [6.45, 7) is 0. The van der Waals surface area contributed by atoms with Crippen molar-refractivity contribution in [1.29, 1.82) is 0 Å². The Morgan fingerprint density at radius 1 is 1.50 bits per heavy atom. The number of aromatic nitrogens is 2. The van der Waals surface area contributed by atoms with Gasteiger partial charge in [-0.05, 0) is 17.2 Å². The predicted molar refractivity (Wildman–Crippen MR) is 38.0 cm³/mol. The molecule has 0 unspecified atom stereocenters. The van der Waals surface area contributed by atoms with Gasteiger partial charge < -0.3 is 4.40 Å². The van der Waals surface area contributed by atoms with Crippen LogP contribution >= 0.6 is 0 Å². The number of hydrogen-bond acceptors (Lipinski definition) is 1. The van der Waals surface area contributed by atoms with Gasteiger partial charge in [-0.25, -0.2) is 4.98 Å². The van der Waals surface area contributed by atoms with E-state index in [0.717, 1.165) is 0 Å². The molecular formula is C8H6N2. The Kier molecular flexibility index (Phi) is 0.556. The first-order chi connectivity index (χ1) is 4.95. The second-order valence-corrected chi connectivity index (χ2v) is 2.68. The SMILES string of the molecule is c1cn2cncc2c2c1C2. The summed E-state index contributed by atoms with van der Waals surface area (Å²) in [4.78, 5) is 4.06. The molecule has 0 bridgehead atoms. The van der Waals surface area contributed by atoms with Gasteiger partial charge in [-0.15, -0.1) is 0 Å². The molecule has 48 valence electrons. The Morgan fingerprint density at radius 2 is 2.50 bits per heavy atom. The summed E-state index contributed by atoms with van der Waals surface area (Å²) in [6.07, 6.45) is 7.00. The third-order valence-corrected chi connectivity index (χ3v) is 2.04. The highest BCUT2D eigenvalue weighted by Crippen LogP contribution is 2.31. The van der Waals surface area contributed by atoms with Crippen LogP contribution in [0, 0.1) is 0 Å². The predicted octanol–water partition coefficient (Wildman–Crippen LogP) is 1.24. The van der Waals surface area contributed by atoms with Crippen molar-refractivity contribution in [3.05, 3.63) is 35.9 Å². The zero-order chi connectivity index (χ0) is 6.55. The van der Waals surface area contributed by atoms with E-state index >= 15 is 0 Å². The van der Waals surface area contributed by atoms with E-state index < -0.39 is 0 Å². The molecule has 2 heteroatoms. The van der Waals surface area contributed by atoms with E-state index in [9.17, 15) is 0 Å². The second kappa shape index (κ2) is 1.24. The Hall–Kier alpha value is -1.31. The Morgan fingerprint density at radius 3 is 3.50 bits per heavy atom. The molecular weight excluding hydrogens is 124 g/mol. The van der Waals surface area contributed by atoms with Crippen molar-refractivity contribution >= 4 is 5.52 Å². The number of imidazole rings is 1. The zero-order valence-electron chi connectivity index (χ0n) is 5.41. The largest absolute Gasteiger partial charge is 0.306 e. The summed E-state index contributed by atoms with van der Waals surface area (Å²) >= 11 is 0. The summed E-state index contributed by atoms with van der Waals surface area (Å²) in [6, 6.07) is 2.16. The summed E-state index contributed by atoms with van der Waals surface area (Å²) < 4.78 is 2.06. The van der Waals surface area contributed by atoms with Crippen molar-refractivity contribution in [2.24, 2.45) is 0 Å². The summed E-state index contributed by atoms with van der Waals surface area (Å²) in [5.74, 6) is 0. The van der Waals surface area contributed by atoms with E-state index in [2.05, 4.69) is 21.6 Å². The number of nitrogens with zero attached hydrogens (tertiary/aromatic N) is 2. The Labute approximate surface area is 58.1 Å². The molecule has 0 radical (unpaired) electrons. The van der Waals surface area contributed by atoms with Crippen LogP contribution in [-0.2, 0) is 6.42 Å². The normalized spacial score (nSPS) is 13.6. The van der Waals surface area contributed by atoms with Gasteiger partial charge in [0.05, 0.1) is 18.0 Å². The van der Waals surface area contributed by atoms with Crippen molar-refractivity contribution in [3.63, 3.8) is 0 Å². The highest BCUT2D eigenvalue weighted by atomic mass is 15.0. The first-order valence-corrected chi connectivity index (χ1v) is 3.37. The van der Waals surface area contributed by atoms with E-state index in [0.29, 0.717) is 0 Å². The van der Waals surface area contributed by atoms with E-state index in [1.165, 1.54) is 23.1 Å². The molecule has 0 atom stereocenters. The fraction of sp³-hybridized carbons (Fsp3) is 0.125. The second-order valence-electron chi connectivity index (χ2n) is 2.68. The van der Waals surface area contributed by atoms with Gasteiger partial charge in [-0.2, -0.15) is 0 Å². The average molecular weight is 130 g/mol. The maximum atomic E-state index is 4.06. The number of pyridine rings is 1. The van der Waals surface area contributed by atoms with Gasteiger partial charge >= 0.3 is 0 Å². The Bertz CT molecular complexity index is 401. The van der Waals surface area contributed by atoms with E-state index in [4.69, 9.17) is 0 Å². The van der Waals surface area contributed by atoms with E-state index in [1.54, 1.807) is 0 Å². The van der Waals surface area contributed by atoms with Gasteiger partial charge in [-0.3, -0.25) is 0 Å². The van der Waals surface area contributed by atoms with Crippen LogP contribution in [0.25, 0.3) is 5.52 Å². The van der Waals surface area contributed by atoms with E-state index in [-0.39, 0.29) is 0 Å². The number of hydrogen-bond donors (Lipinski definition) is 0. The lowest BCUT2D eigenvalue weighted by atomic mass is 10.4. The highest BCUT2D eigenvalue weighted by molar-refractivity contribution is 5.66. The summed E-state index contributed by atoms with van der Waals surface area (Å²) in [5.41, 5.74) is 4.23. The molecule has 0 saturated heterocycles. The molecule has 2 nitrogen and oxygen atoms in total. The molecule has 0 saturated carbocycles. The molecule has 3 rings (SSSR count). The molecule has 2 heterocycles. The van der Waals surface area contributed by atoms with Crippen LogP contribution in [-0.4, -0.2) is 9.38 Å². The maximum Gasteiger partial charge on any atom is 0.0992 e. The molecule has 0 fully saturated rings. The molecule has 0 amide bonds. The van der Waals surface area contributed by atoms with Crippen molar-refractivity contribution < 1.29 is 0 Å². The van der Waals surface area contributed by atoms with Crippen LogP contribution in [0.2, 0.25) is 0 Å². The van der Waals surface area contributed by atoms with Crippen molar-refractivity contribution in [2.75, 3.05) is 0 Å². The number of rotatable bonds is 0. The number of fused-ring (bicyclic) bond motifs is 3. The zero-order valence-corrected chi connectivity index (χ0v) is 5.41. The van der Waals surface area contributed by atoms with Crippen molar-refractivity contribution in [2.45, 2.75) is 6.42 Å². The molecule has 10 heavy (non-hydrogen) atoms. The van der Waals surface area contributed by atoms with Gasteiger partial charge in [0.2, 0.25) is 0 Å². The fourth-order valence-electron chi connectivity index (χ4n) is 1.39. The van der Waals surface area contributed by atoms with Crippen LogP contribution in [0.15, 0.2) is 24.8 Å². The molecule has 1 aliphatic rings. The lowest BCUT2D eigenvalue weighted by Crippen LogP contribution is -1.76. The third kappa shape index (κ3) is 0.386. The minimum atomic E-state index is 1.17. The van der Waals surface area contributed by atoms with Gasteiger partial charge in [0.15, 0.2) is 0 Å². The first-order valence-electron chi connectivity index (χ1n) is 3.37. The lowest BCUT2D eigenvalue weighted by molar-refractivity contribution is 1.16. The third-order valence-electron chi connectivity index (χ3n) is 2.04. The van der Waals surface area contributed by atoms with E-state index in [1.807, 2.05) is 12.5 Å². The van der Waals surface area contributed by atoms with Gasteiger partial charge in [0.25, 0.3) is 0 Å². The van der Waals surface area contributed by atoms with Crippen LogP contribution in [0.1, 0.15) is 11.1 Å². The summed E-state index contributed by atoms with van der Waals surface area (Å²) in [5, 5.41) is 0. The van der Waals surface area contributed by atoms with Crippen LogP contribution in [0.3, 0.4) is 0 Å².